The van der Waals surface area contributed by atoms with Crippen LogP contribution in [0.2, 0.25) is 5.02 Å². The van der Waals surface area contributed by atoms with E-state index in [0.717, 1.165) is 11.3 Å². The van der Waals surface area contributed by atoms with Crippen molar-refractivity contribution in [1.82, 2.24) is 4.57 Å². The fourth-order valence-electron chi connectivity index (χ4n) is 3.60. The van der Waals surface area contributed by atoms with Gasteiger partial charge in [-0.2, -0.15) is 0 Å². The van der Waals surface area contributed by atoms with Crippen molar-refractivity contribution in [3.63, 3.8) is 0 Å². The first-order valence-corrected chi connectivity index (χ1v) is 10.9. The molecule has 0 saturated heterocycles. The Bertz CT molecular complexity index is 1280. The second-order valence-corrected chi connectivity index (χ2v) is 8.06. The first-order chi connectivity index (χ1) is 16.3. The Morgan fingerprint density at radius 3 is 2.29 bits per heavy atom. The van der Waals surface area contributed by atoms with Crippen molar-refractivity contribution < 1.29 is 23.8 Å². The maximum atomic E-state index is 13.8. The highest BCUT2D eigenvalue weighted by atomic mass is 35.5. The van der Waals surface area contributed by atoms with Crippen LogP contribution in [-0.2, 0) is 9.53 Å². The fourth-order valence-corrected chi connectivity index (χ4v) is 3.78. The number of halogens is 1. The van der Waals surface area contributed by atoms with E-state index in [4.69, 9.17) is 25.8 Å². The average molecular weight is 480 g/mol. The molecule has 6 nitrogen and oxygen atoms in total. The molecule has 0 atom stereocenters. The Hall–Kier alpha value is -3.77. The molecule has 2 aromatic carbocycles. The zero-order valence-electron chi connectivity index (χ0n) is 19.7. The molecule has 0 aliphatic heterocycles. The molecule has 0 spiro atoms. The number of benzene rings is 2. The molecular formula is C27H26ClNO5. The van der Waals surface area contributed by atoms with Crippen LogP contribution >= 0.6 is 11.6 Å². The summed E-state index contributed by atoms with van der Waals surface area (Å²) in [5.74, 6) is 0.0200. The van der Waals surface area contributed by atoms with Crippen LogP contribution in [0.5, 0.6) is 11.5 Å². The maximum absolute atomic E-state index is 13.8. The smallest absolute Gasteiger partial charge is 0.330 e. The number of para-hydroxylation sites is 1. The summed E-state index contributed by atoms with van der Waals surface area (Å²) in [6.07, 6.45) is 4.97. The fraction of sp³-hybridized carbons (Fsp3) is 0.185. The minimum atomic E-state index is -0.481. The Morgan fingerprint density at radius 1 is 0.912 bits per heavy atom. The molecule has 0 unspecified atom stereocenters. The number of ketones is 1. The summed E-state index contributed by atoms with van der Waals surface area (Å²) < 4.78 is 17.5. The molecule has 7 heteroatoms. The van der Waals surface area contributed by atoms with Gasteiger partial charge in [0.05, 0.1) is 32.6 Å². The lowest BCUT2D eigenvalue weighted by atomic mass is 9.99. The minimum Gasteiger partial charge on any atom is -0.493 e. The lowest BCUT2D eigenvalue weighted by molar-refractivity contribution is -0.134. The number of carbonyl (C=O) groups excluding carboxylic acids is 2. The molecule has 0 radical (unpaired) electrons. The van der Waals surface area contributed by atoms with E-state index in [1.807, 2.05) is 36.6 Å². The normalized spacial score (nSPS) is 10.8. The van der Waals surface area contributed by atoms with E-state index in [0.29, 0.717) is 39.0 Å². The highest BCUT2D eigenvalue weighted by Gasteiger charge is 2.23. The SMILES string of the molecule is COC(=O)/C=C/c1ccc(C=C(C)C)n1-c1ccc(Cl)cc1C(=O)c1cccc(OC)c1OC. The summed E-state index contributed by atoms with van der Waals surface area (Å²) in [7, 11) is 4.32. The quantitative estimate of drug-likeness (QED) is 0.225. The number of methoxy groups -OCH3 is 3. The second-order valence-electron chi connectivity index (χ2n) is 7.63. The van der Waals surface area contributed by atoms with Crippen LogP contribution in [0.25, 0.3) is 17.8 Å². The maximum Gasteiger partial charge on any atom is 0.330 e. The predicted octanol–water partition coefficient (Wildman–Crippen LogP) is 5.99. The average Bonchev–Trinajstić information content (AvgIpc) is 3.22. The van der Waals surface area contributed by atoms with Crippen molar-refractivity contribution in [3.05, 3.63) is 87.7 Å². The molecule has 1 aromatic heterocycles. The summed E-state index contributed by atoms with van der Waals surface area (Å²) in [6, 6.07) is 14.0. The van der Waals surface area contributed by atoms with Gasteiger partial charge in [0.1, 0.15) is 0 Å². The summed E-state index contributed by atoms with van der Waals surface area (Å²) in [5.41, 5.74) is 3.89. The van der Waals surface area contributed by atoms with Crippen molar-refractivity contribution >= 4 is 35.5 Å². The van der Waals surface area contributed by atoms with Crippen molar-refractivity contribution in [2.75, 3.05) is 21.3 Å². The summed E-state index contributed by atoms with van der Waals surface area (Å²) in [6.45, 7) is 3.96. The van der Waals surface area contributed by atoms with Gasteiger partial charge >= 0.3 is 5.97 Å². The van der Waals surface area contributed by atoms with E-state index < -0.39 is 5.97 Å². The highest BCUT2D eigenvalue weighted by molar-refractivity contribution is 6.31. The molecule has 176 valence electrons. The minimum absolute atomic E-state index is 0.284. The monoisotopic (exact) mass is 479 g/mol. The van der Waals surface area contributed by atoms with E-state index in [-0.39, 0.29) is 5.78 Å². The van der Waals surface area contributed by atoms with E-state index in [2.05, 4.69) is 0 Å². The van der Waals surface area contributed by atoms with Crippen LogP contribution in [0.4, 0.5) is 0 Å². The summed E-state index contributed by atoms with van der Waals surface area (Å²) in [5, 5.41) is 0.413. The van der Waals surface area contributed by atoms with Gasteiger partial charge in [-0.15, -0.1) is 0 Å². The Balaban J connectivity index is 2.27. The van der Waals surface area contributed by atoms with Crippen LogP contribution in [0, 0.1) is 0 Å². The van der Waals surface area contributed by atoms with Crippen LogP contribution in [0.1, 0.15) is 41.2 Å². The predicted molar refractivity (Wildman–Crippen MR) is 134 cm³/mol. The summed E-state index contributed by atoms with van der Waals surface area (Å²) >= 11 is 6.32. The molecule has 3 rings (SSSR count). The third-order valence-corrected chi connectivity index (χ3v) is 5.30. The van der Waals surface area contributed by atoms with Gasteiger partial charge in [-0.25, -0.2) is 4.79 Å². The first-order valence-electron chi connectivity index (χ1n) is 10.5. The van der Waals surface area contributed by atoms with Crippen molar-refractivity contribution in [2.45, 2.75) is 13.8 Å². The number of allylic oxidation sites excluding steroid dienone is 1. The van der Waals surface area contributed by atoms with Gasteiger partial charge in [0.15, 0.2) is 17.3 Å². The van der Waals surface area contributed by atoms with Crippen LogP contribution in [0.15, 0.2) is 60.2 Å². The number of carbonyl (C=O) groups is 2. The standard InChI is InChI=1S/C27H26ClNO5/c1-17(2)15-20-11-10-19(12-14-25(30)33-4)29(20)23-13-9-18(28)16-22(23)26(31)21-7-6-8-24(32-3)27(21)34-5/h6-16H,1-5H3/b14-12+. The van der Waals surface area contributed by atoms with E-state index in [1.54, 1.807) is 42.5 Å². The molecule has 34 heavy (non-hydrogen) atoms. The number of esters is 1. The number of hydrogen-bond donors (Lipinski definition) is 0. The van der Waals surface area contributed by atoms with E-state index >= 15 is 0 Å². The molecule has 0 aliphatic rings. The van der Waals surface area contributed by atoms with Gasteiger partial charge in [-0.1, -0.05) is 23.2 Å². The van der Waals surface area contributed by atoms with Crippen molar-refractivity contribution in [3.8, 4) is 17.2 Å². The number of rotatable bonds is 8. The molecule has 0 amide bonds. The number of aromatic nitrogens is 1. The Labute approximate surface area is 204 Å². The highest BCUT2D eigenvalue weighted by Crippen LogP contribution is 2.34. The second kappa shape index (κ2) is 10.9. The van der Waals surface area contributed by atoms with Gasteiger partial charge in [0, 0.05) is 28.0 Å². The van der Waals surface area contributed by atoms with Crippen molar-refractivity contribution in [1.29, 1.82) is 0 Å². The van der Waals surface area contributed by atoms with E-state index in [9.17, 15) is 9.59 Å². The molecule has 0 saturated carbocycles. The Morgan fingerprint density at radius 2 is 1.65 bits per heavy atom. The van der Waals surface area contributed by atoms with Crippen LogP contribution in [0.3, 0.4) is 0 Å². The molecule has 0 bridgehead atoms. The molecule has 0 N–H and O–H groups in total. The third kappa shape index (κ3) is 5.24. The van der Waals surface area contributed by atoms with E-state index in [1.165, 1.54) is 27.4 Å². The summed E-state index contributed by atoms with van der Waals surface area (Å²) in [4.78, 5) is 25.5. The zero-order chi connectivity index (χ0) is 24.8. The number of hydrogen-bond acceptors (Lipinski definition) is 5. The third-order valence-electron chi connectivity index (χ3n) is 5.06. The van der Waals surface area contributed by atoms with Crippen LogP contribution in [-0.4, -0.2) is 37.6 Å². The largest absolute Gasteiger partial charge is 0.493 e. The molecule has 0 fully saturated rings. The van der Waals surface area contributed by atoms with Crippen LogP contribution < -0.4 is 9.47 Å². The number of ether oxygens (including phenoxy) is 3. The molecule has 3 aromatic rings. The van der Waals surface area contributed by atoms with Gasteiger partial charge < -0.3 is 18.8 Å². The lowest BCUT2D eigenvalue weighted by Gasteiger charge is -2.17. The van der Waals surface area contributed by atoms with Crippen molar-refractivity contribution in [2.24, 2.45) is 0 Å². The first kappa shape index (κ1) is 24.9. The zero-order valence-corrected chi connectivity index (χ0v) is 20.5. The molecule has 1 heterocycles. The Kier molecular flexibility index (Phi) is 7.97. The van der Waals surface area contributed by atoms with Gasteiger partial charge in [-0.05, 0) is 68.5 Å². The topological polar surface area (TPSA) is 66.8 Å². The molecular weight excluding hydrogens is 454 g/mol. The van der Waals surface area contributed by atoms with Gasteiger partial charge in [0.2, 0.25) is 0 Å². The lowest BCUT2D eigenvalue weighted by Crippen LogP contribution is -2.11. The number of nitrogens with zero attached hydrogens (tertiary/aromatic N) is 1. The molecule has 0 aliphatic carbocycles. The van der Waals surface area contributed by atoms with Gasteiger partial charge in [0.25, 0.3) is 0 Å². The van der Waals surface area contributed by atoms with Gasteiger partial charge in [-0.3, -0.25) is 4.79 Å².